The van der Waals surface area contributed by atoms with Crippen LogP contribution < -0.4 is 0 Å². The van der Waals surface area contributed by atoms with Crippen LogP contribution in [0.2, 0.25) is 0 Å². The van der Waals surface area contributed by atoms with E-state index in [0.29, 0.717) is 0 Å². The van der Waals surface area contributed by atoms with Crippen molar-refractivity contribution in [2.24, 2.45) is 0 Å². The van der Waals surface area contributed by atoms with Gasteiger partial charge in [-0.15, -0.1) is 12.4 Å². The van der Waals surface area contributed by atoms with E-state index in [1.807, 2.05) is 13.8 Å². The normalized spacial score (nSPS) is 12.9. The predicted octanol–water partition coefficient (Wildman–Crippen LogP) is 0.0607. The van der Waals surface area contributed by atoms with Crippen molar-refractivity contribution in [1.82, 2.24) is 4.90 Å². The molecule has 1 atom stereocenters. The van der Waals surface area contributed by atoms with Crippen LogP contribution >= 0.6 is 12.4 Å². The van der Waals surface area contributed by atoms with Crippen molar-refractivity contribution in [2.45, 2.75) is 20.1 Å². The molecule has 0 aliphatic heterocycles. The first-order valence-corrected chi connectivity index (χ1v) is 3.29. The minimum Gasteiger partial charge on any atom is -0.392 e. The molecule has 0 bridgehead atoms. The molecule has 0 fully saturated rings. The molecule has 0 aromatic heterocycles. The minimum absolute atomic E-state index is 0. The smallest absolute Gasteiger partial charge is 0.130 e. The monoisotopic (exact) mass is 169 g/mol. The second-order valence-corrected chi connectivity index (χ2v) is 1.88. The maximum Gasteiger partial charge on any atom is 0.130 e. The van der Waals surface area contributed by atoms with Crippen LogP contribution in [0.1, 0.15) is 13.8 Å². The Labute approximate surface area is 68.1 Å². The number of hydrogen-bond acceptors (Lipinski definition) is 3. The van der Waals surface area contributed by atoms with Crippen molar-refractivity contribution < 1.29 is 10.2 Å². The molecule has 4 heteroatoms. The summed E-state index contributed by atoms with van der Waals surface area (Å²) in [5.41, 5.74) is 0. The fourth-order valence-electron chi connectivity index (χ4n) is 0.761. The quantitative estimate of drug-likeness (QED) is 0.585. The Balaban J connectivity index is 0. The van der Waals surface area contributed by atoms with Crippen LogP contribution in [0.15, 0.2) is 0 Å². The van der Waals surface area contributed by atoms with Gasteiger partial charge in [-0.2, -0.15) is 0 Å². The van der Waals surface area contributed by atoms with Gasteiger partial charge in [-0.1, -0.05) is 13.8 Å². The van der Waals surface area contributed by atoms with Gasteiger partial charge in [0.25, 0.3) is 0 Å². The zero-order chi connectivity index (χ0) is 7.28. The molecule has 0 aliphatic rings. The van der Waals surface area contributed by atoms with Gasteiger partial charge in [0.05, 0.1) is 6.61 Å². The predicted molar refractivity (Wildman–Crippen MR) is 43.3 cm³/mol. The lowest BCUT2D eigenvalue weighted by Crippen LogP contribution is -2.37. The van der Waals surface area contributed by atoms with Gasteiger partial charge in [-0.3, -0.25) is 4.90 Å². The van der Waals surface area contributed by atoms with E-state index in [0.717, 1.165) is 13.1 Å². The number of nitrogens with zero attached hydrogens (tertiary/aromatic N) is 1. The van der Waals surface area contributed by atoms with E-state index >= 15 is 0 Å². The summed E-state index contributed by atoms with van der Waals surface area (Å²) in [5, 5.41) is 17.5. The first-order valence-electron chi connectivity index (χ1n) is 3.29. The molecule has 0 aromatic rings. The molecule has 0 saturated carbocycles. The second kappa shape index (κ2) is 7.28. The van der Waals surface area contributed by atoms with Gasteiger partial charge in [0.15, 0.2) is 0 Å². The molecule has 64 valence electrons. The van der Waals surface area contributed by atoms with Crippen LogP contribution in [0.25, 0.3) is 0 Å². The summed E-state index contributed by atoms with van der Waals surface area (Å²) >= 11 is 0. The van der Waals surface area contributed by atoms with Crippen molar-refractivity contribution in [1.29, 1.82) is 0 Å². The fourth-order valence-corrected chi connectivity index (χ4v) is 0.761. The Bertz CT molecular complexity index is 68.8. The number of likely N-dealkylation sites (N-methyl/N-ethyl adjacent to an activating group) is 1. The minimum atomic E-state index is -0.681. The molecule has 0 spiro atoms. The van der Waals surface area contributed by atoms with E-state index in [1.165, 1.54) is 0 Å². The average molecular weight is 170 g/mol. The highest BCUT2D eigenvalue weighted by atomic mass is 35.5. The van der Waals surface area contributed by atoms with Gasteiger partial charge >= 0.3 is 0 Å². The van der Waals surface area contributed by atoms with Gasteiger partial charge < -0.3 is 10.2 Å². The van der Waals surface area contributed by atoms with Crippen LogP contribution in [0.3, 0.4) is 0 Å². The lowest BCUT2D eigenvalue weighted by atomic mass is 10.4. The number of aliphatic hydroxyl groups excluding tert-OH is 2. The van der Waals surface area contributed by atoms with E-state index in [1.54, 1.807) is 4.90 Å². The molecule has 0 aromatic carbocycles. The SMILES string of the molecule is CCN(CC)C(O)CO.Cl. The summed E-state index contributed by atoms with van der Waals surface area (Å²) in [4.78, 5) is 1.78. The Hall–Kier alpha value is 0.170. The van der Waals surface area contributed by atoms with Crippen LogP contribution in [-0.2, 0) is 0 Å². The summed E-state index contributed by atoms with van der Waals surface area (Å²) < 4.78 is 0. The Morgan fingerprint density at radius 3 is 1.80 bits per heavy atom. The van der Waals surface area contributed by atoms with E-state index in [-0.39, 0.29) is 19.0 Å². The van der Waals surface area contributed by atoms with Crippen LogP contribution in [-0.4, -0.2) is 41.0 Å². The van der Waals surface area contributed by atoms with E-state index in [9.17, 15) is 0 Å². The Morgan fingerprint density at radius 2 is 1.70 bits per heavy atom. The van der Waals surface area contributed by atoms with E-state index < -0.39 is 6.23 Å². The summed E-state index contributed by atoms with van der Waals surface area (Å²) in [6, 6.07) is 0. The third-order valence-electron chi connectivity index (χ3n) is 1.40. The molecule has 0 aliphatic carbocycles. The van der Waals surface area contributed by atoms with Crippen molar-refractivity contribution in [3.8, 4) is 0 Å². The van der Waals surface area contributed by atoms with Gasteiger partial charge in [0.1, 0.15) is 6.23 Å². The van der Waals surface area contributed by atoms with Gasteiger partial charge in [0, 0.05) is 0 Å². The van der Waals surface area contributed by atoms with Crippen LogP contribution in [0, 0.1) is 0 Å². The van der Waals surface area contributed by atoms with Crippen LogP contribution in [0.5, 0.6) is 0 Å². The van der Waals surface area contributed by atoms with Gasteiger partial charge in [-0.05, 0) is 13.1 Å². The molecule has 0 radical (unpaired) electrons. The maximum atomic E-state index is 8.99. The van der Waals surface area contributed by atoms with Crippen molar-refractivity contribution in [2.75, 3.05) is 19.7 Å². The summed E-state index contributed by atoms with van der Waals surface area (Å²) in [5.74, 6) is 0. The van der Waals surface area contributed by atoms with E-state index in [2.05, 4.69) is 0 Å². The number of rotatable bonds is 4. The number of hydrogen-bond donors (Lipinski definition) is 2. The topological polar surface area (TPSA) is 43.7 Å². The second-order valence-electron chi connectivity index (χ2n) is 1.88. The summed E-state index contributed by atoms with van der Waals surface area (Å²) in [6.07, 6.45) is -0.681. The summed E-state index contributed by atoms with van der Waals surface area (Å²) in [7, 11) is 0. The molecule has 10 heavy (non-hydrogen) atoms. The number of aliphatic hydroxyl groups is 2. The molecule has 2 N–H and O–H groups in total. The highest BCUT2D eigenvalue weighted by Crippen LogP contribution is 1.92. The molecular formula is C6H16ClNO2. The van der Waals surface area contributed by atoms with Gasteiger partial charge in [0.2, 0.25) is 0 Å². The Morgan fingerprint density at radius 1 is 1.30 bits per heavy atom. The third kappa shape index (κ3) is 4.06. The first kappa shape index (κ1) is 12.8. The molecule has 1 unspecified atom stereocenters. The lowest BCUT2D eigenvalue weighted by Gasteiger charge is -2.22. The number of halogens is 1. The Kier molecular flexibility index (Phi) is 9.33. The molecular weight excluding hydrogens is 154 g/mol. The molecule has 0 amide bonds. The third-order valence-corrected chi connectivity index (χ3v) is 1.40. The fraction of sp³-hybridized carbons (Fsp3) is 1.00. The van der Waals surface area contributed by atoms with Gasteiger partial charge in [-0.25, -0.2) is 0 Å². The standard InChI is InChI=1S/C6H15NO2.ClH/c1-3-7(4-2)6(9)5-8;/h6,8-9H,3-5H2,1-2H3;1H. The average Bonchev–Trinajstić information content (AvgIpc) is 1.90. The summed E-state index contributed by atoms with van der Waals surface area (Å²) in [6.45, 7) is 5.27. The molecule has 0 saturated heterocycles. The largest absolute Gasteiger partial charge is 0.392 e. The molecule has 0 rings (SSSR count). The highest BCUT2D eigenvalue weighted by Gasteiger charge is 2.08. The molecule has 3 nitrogen and oxygen atoms in total. The lowest BCUT2D eigenvalue weighted by molar-refractivity contribution is -0.0292. The van der Waals surface area contributed by atoms with Crippen molar-refractivity contribution >= 4 is 12.4 Å². The highest BCUT2D eigenvalue weighted by molar-refractivity contribution is 5.85. The van der Waals surface area contributed by atoms with Crippen molar-refractivity contribution in [3.63, 3.8) is 0 Å². The maximum absolute atomic E-state index is 8.99. The zero-order valence-corrected chi connectivity index (χ0v) is 7.27. The van der Waals surface area contributed by atoms with Crippen molar-refractivity contribution in [3.05, 3.63) is 0 Å². The first-order chi connectivity index (χ1) is 4.26. The van der Waals surface area contributed by atoms with Crippen LogP contribution in [0.4, 0.5) is 0 Å². The van der Waals surface area contributed by atoms with E-state index in [4.69, 9.17) is 10.2 Å². The molecule has 0 heterocycles. The zero-order valence-electron chi connectivity index (χ0n) is 6.45.